The molecule has 100 valence electrons. The molecule has 0 saturated heterocycles. The first kappa shape index (κ1) is 14.7. The van der Waals surface area contributed by atoms with Crippen molar-refractivity contribution in [1.82, 2.24) is 5.32 Å². The SMILES string of the molecule is CCC(CC)CNC(=O)CCc1ccc(C)cc1. The van der Waals surface area contributed by atoms with Crippen LogP contribution in [0.3, 0.4) is 0 Å². The van der Waals surface area contributed by atoms with Gasteiger partial charge in [0.1, 0.15) is 0 Å². The lowest BCUT2D eigenvalue weighted by Crippen LogP contribution is -2.29. The Balaban J connectivity index is 2.26. The van der Waals surface area contributed by atoms with Gasteiger partial charge in [-0.05, 0) is 24.8 Å². The van der Waals surface area contributed by atoms with E-state index in [1.165, 1.54) is 11.1 Å². The lowest BCUT2D eigenvalue weighted by Gasteiger charge is -2.13. The van der Waals surface area contributed by atoms with Gasteiger partial charge in [-0.3, -0.25) is 4.79 Å². The van der Waals surface area contributed by atoms with Crippen molar-refractivity contribution in [2.24, 2.45) is 5.92 Å². The number of hydrogen-bond acceptors (Lipinski definition) is 1. The Labute approximate surface area is 111 Å². The second-order valence-electron chi connectivity index (χ2n) is 4.97. The first-order valence-corrected chi connectivity index (χ1v) is 6.98. The molecule has 0 aliphatic rings. The van der Waals surface area contributed by atoms with Crippen LogP contribution in [-0.4, -0.2) is 12.5 Å². The third kappa shape index (κ3) is 5.35. The zero-order valence-corrected chi connectivity index (χ0v) is 11.8. The van der Waals surface area contributed by atoms with Gasteiger partial charge in [0.05, 0.1) is 0 Å². The van der Waals surface area contributed by atoms with E-state index in [0.29, 0.717) is 12.3 Å². The first-order valence-electron chi connectivity index (χ1n) is 6.98. The number of nitrogens with one attached hydrogen (secondary N) is 1. The third-order valence-corrected chi connectivity index (χ3v) is 3.50. The highest BCUT2D eigenvalue weighted by Crippen LogP contribution is 2.07. The molecule has 0 aromatic heterocycles. The van der Waals surface area contributed by atoms with Crippen molar-refractivity contribution in [1.29, 1.82) is 0 Å². The van der Waals surface area contributed by atoms with E-state index in [1.807, 2.05) is 0 Å². The van der Waals surface area contributed by atoms with Crippen molar-refractivity contribution >= 4 is 5.91 Å². The minimum atomic E-state index is 0.169. The molecule has 2 heteroatoms. The standard InChI is InChI=1S/C16H25NO/c1-4-14(5-2)12-17-16(18)11-10-15-8-6-13(3)7-9-15/h6-9,14H,4-5,10-12H2,1-3H3,(H,17,18). The van der Waals surface area contributed by atoms with E-state index < -0.39 is 0 Å². The van der Waals surface area contributed by atoms with Gasteiger partial charge in [0.15, 0.2) is 0 Å². The summed E-state index contributed by atoms with van der Waals surface area (Å²) >= 11 is 0. The van der Waals surface area contributed by atoms with Gasteiger partial charge in [0, 0.05) is 13.0 Å². The minimum absolute atomic E-state index is 0.169. The summed E-state index contributed by atoms with van der Waals surface area (Å²) in [5.74, 6) is 0.788. The molecule has 0 unspecified atom stereocenters. The van der Waals surface area contributed by atoms with Crippen LogP contribution in [0.4, 0.5) is 0 Å². The summed E-state index contributed by atoms with van der Waals surface area (Å²) in [6.45, 7) is 7.24. The number of carbonyl (C=O) groups is 1. The lowest BCUT2D eigenvalue weighted by molar-refractivity contribution is -0.121. The summed E-state index contributed by atoms with van der Waals surface area (Å²) < 4.78 is 0. The van der Waals surface area contributed by atoms with E-state index in [9.17, 15) is 4.79 Å². The Bertz CT molecular complexity index is 352. The van der Waals surface area contributed by atoms with Crippen LogP contribution in [0.25, 0.3) is 0 Å². The van der Waals surface area contributed by atoms with Crippen molar-refractivity contribution in [3.8, 4) is 0 Å². The molecule has 1 rings (SSSR count). The van der Waals surface area contributed by atoms with E-state index in [2.05, 4.69) is 50.4 Å². The Morgan fingerprint density at radius 3 is 2.33 bits per heavy atom. The highest BCUT2D eigenvalue weighted by atomic mass is 16.1. The van der Waals surface area contributed by atoms with Gasteiger partial charge in [-0.15, -0.1) is 0 Å². The zero-order chi connectivity index (χ0) is 13.4. The summed E-state index contributed by atoms with van der Waals surface area (Å²) in [5.41, 5.74) is 2.50. The molecule has 0 heterocycles. The van der Waals surface area contributed by atoms with Gasteiger partial charge in [0.25, 0.3) is 0 Å². The summed E-state index contributed by atoms with van der Waals surface area (Å²) in [4.78, 5) is 11.7. The van der Waals surface area contributed by atoms with Crippen molar-refractivity contribution in [3.63, 3.8) is 0 Å². The molecule has 2 nitrogen and oxygen atoms in total. The second kappa shape index (κ2) is 7.91. The number of benzene rings is 1. The lowest BCUT2D eigenvalue weighted by atomic mass is 10.0. The monoisotopic (exact) mass is 247 g/mol. The fourth-order valence-corrected chi connectivity index (χ4v) is 1.94. The van der Waals surface area contributed by atoms with Gasteiger partial charge in [-0.1, -0.05) is 56.5 Å². The smallest absolute Gasteiger partial charge is 0.220 e. The molecule has 0 atom stereocenters. The first-order chi connectivity index (χ1) is 8.65. The van der Waals surface area contributed by atoms with Gasteiger partial charge in [0.2, 0.25) is 5.91 Å². The molecule has 0 saturated carbocycles. The van der Waals surface area contributed by atoms with Gasteiger partial charge in [-0.2, -0.15) is 0 Å². The van der Waals surface area contributed by atoms with Gasteiger partial charge in [-0.25, -0.2) is 0 Å². The fraction of sp³-hybridized carbons (Fsp3) is 0.562. The molecular formula is C16H25NO. The van der Waals surface area contributed by atoms with Crippen LogP contribution in [0, 0.1) is 12.8 Å². The minimum Gasteiger partial charge on any atom is -0.356 e. The van der Waals surface area contributed by atoms with E-state index in [1.54, 1.807) is 0 Å². The topological polar surface area (TPSA) is 29.1 Å². The van der Waals surface area contributed by atoms with E-state index in [4.69, 9.17) is 0 Å². The van der Waals surface area contributed by atoms with Crippen LogP contribution in [0.2, 0.25) is 0 Å². The Hall–Kier alpha value is -1.31. The van der Waals surface area contributed by atoms with Crippen molar-refractivity contribution in [2.75, 3.05) is 6.54 Å². The fourth-order valence-electron chi connectivity index (χ4n) is 1.94. The number of carbonyl (C=O) groups excluding carboxylic acids is 1. The van der Waals surface area contributed by atoms with Crippen LogP contribution in [0.1, 0.15) is 44.2 Å². The summed E-state index contributed by atoms with van der Waals surface area (Å²) in [5, 5.41) is 3.03. The number of aryl methyl sites for hydroxylation is 2. The van der Waals surface area contributed by atoms with Gasteiger partial charge >= 0.3 is 0 Å². The molecule has 18 heavy (non-hydrogen) atoms. The molecule has 1 aromatic rings. The highest BCUT2D eigenvalue weighted by Gasteiger charge is 2.06. The van der Waals surface area contributed by atoms with Crippen molar-refractivity contribution in [3.05, 3.63) is 35.4 Å². The largest absolute Gasteiger partial charge is 0.356 e. The molecule has 1 amide bonds. The maximum Gasteiger partial charge on any atom is 0.220 e. The molecule has 0 spiro atoms. The van der Waals surface area contributed by atoms with Crippen LogP contribution in [-0.2, 0) is 11.2 Å². The zero-order valence-electron chi connectivity index (χ0n) is 11.8. The Morgan fingerprint density at radius 2 is 1.78 bits per heavy atom. The molecule has 1 aromatic carbocycles. The second-order valence-corrected chi connectivity index (χ2v) is 4.97. The number of amides is 1. The third-order valence-electron chi connectivity index (χ3n) is 3.50. The molecule has 1 N–H and O–H groups in total. The molecule has 0 fully saturated rings. The summed E-state index contributed by atoms with van der Waals surface area (Å²) in [7, 11) is 0. The Kier molecular flexibility index (Phi) is 6.48. The van der Waals surface area contributed by atoms with Gasteiger partial charge < -0.3 is 5.32 Å². The molecule has 0 bridgehead atoms. The predicted octanol–water partition coefficient (Wildman–Crippen LogP) is 3.48. The van der Waals surface area contributed by atoms with E-state index in [0.717, 1.165) is 25.8 Å². The van der Waals surface area contributed by atoms with Crippen LogP contribution in [0.5, 0.6) is 0 Å². The normalized spacial score (nSPS) is 10.7. The quantitative estimate of drug-likeness (QED) is 0.785. The molecular weight excluding hydrogens is 222 g/mol. The van der Waals surface area contributed by atoms with Crippen LogP contribution in [0.15, 0.2) is 24.3 Å². The average molecular weight is 247 g/mol. The molecule has 0 aliphatic heterocycles. The Morgan fingerprint density at radius 1 is 1.17 bits per heavy atom. The van der Waals surface area contributed by atoms with E-state index >= 15 is 0 Å². The predicted molar refractivity (Wildman–Crippen MR) is 76.6 cm³/mol. The summed E-state index contributed by atoms with van der Waals surface area (Å²) in [6.07, 6.45) is 3.68. The van der Waals surface area contributed by atoms with Crippen molar-refractivity contribution < 1.29 is 4.79 Å². The van der Waals surface area contributed by atoms with Crippen LogP contribution >= 0.6 is 0 Å². The maximum absolute atomic E-state index is 11.7. The summed E-state index contributed by atoms with van der Waals surface area (Å²) in [6, 6.07) is 8.39. The average Bonchev–Trinajstić information content (AvgIpc) is 2.39. The molecule has 0 aliphatic carbocycles. The van der Waals surface area contributed by atoms with Crippen molar-refractivity contribution in [2.45, 2.75) is 46.5 Å². The molecule has 0 radical (unpaired) electrons. The number of rotatable bonds is 7. The van der Waals surface area contributed by atoms with Crippen LogP contribution < -0.4 is 5.32 Å². The van der Waals surface area contributed by atoms with E-state index in [-0.39, 0.29) is 5.91 Å². The maximum atomic E-state index is 11.7. The number of hydrogen-bond donors (Lipinski definition) is 1. The highest BCUT2D eigenvalue weighted by molar-refractivity contribution is 5.76.